The number of esters is 1. The molecule has 0 aliphatic carbocycles. The maximum absolute atomic E-state index is 12.4. The van der Waals surface area contributed by atoms with Crippen molar-refractivity contribution in [1.29, 1.82) is 0 Å². The third-order valence-electron chi connectivity index (χ3n) is 3.66. The predicted octanol–water partition coefficient (Wildman–Crippen LogP) is 0.683. The van der Waals surface area contributed by atoms with E-state index in [1.807, 2.05) is 13.0 Å². The lowest BCUT2D eigenvalue weighted by Gasteiger charge is -2.16. The van der Waals surface area contributed by atoms with Crippen LogP contribution in [0.25, 0.3) is 0 Å². The number of anilines is 1. The number of carbonyl (C=O) groups is 2. The molecule has 0 saturated heterocycles. The van der Waals surface area contributed by atoms with Crippen molar-refractivity contribution < 1.29 is 24.5 Å². The highest BCUT2D eigenvalue weighted by Crippen LogP contribution is 2.32. The summed E-state index contributed by atoms with van der Waals surface area (Å²) in [6.45, 7) is 3.57. The number of aromatic hydroxyl groups is 1. The second-order valence-corrected chi connectivity index (χ2v) is 5.40. The van der Waals surface area contributed by atoms with E-state index in [1.165, 1.54) is 12.0 Å². The van der Waals surface area contributed by atoms with E-state index in [4.69, 9.17) is 9.84 Å². The smallest absolute Gasteiger partial charge is 0.337 e. The SMILES string of the molecule is COC(=O)C1=C(Nc2cc(C)cc(C)c2O)C(=O)N(CCO)C1. The molecule has 23 heavy (non-hydrogen) atoms. The van der Waals surface area contributed by atoms with Crippen LogP contribution in [-0.4, -0.2) is 53.8 Å². The minimum Gasteiger partial charge on any atom is -0.505 e. The summed E-state index contributed by atoms with van der Waals surface area (Å²) in [4.78, 5) is 25.7. The fraction of sp³-hybridized carbons (Fsp3) is 0.375. The first-order chi connectivity index (χ1) is 10.9. The van der Waals surface area contributed by atoms with Gasteiger partial charge in [0.2, 0.25) is 0 Å². The minimum absolute atomic E-state index is 0.0146. The number of hydrogen-bond acceptors (Lipinski definition) is 6. The van der Waals surface area contributed by atoms with E-state index in [9.17, 15) is 14.7 Å². The van der Waals surface area contributed by atoms with Crippen molar-refractivity contribution in [2.24, 2.45) is 0 Å². The first-order valence-corrected chi connectivity index (χ1v) is 7.17. The van der Waals surface area contributed by atoms with Crippen LogP contribution in [0.3, 0.4) is 0 Å². The summed E-state index contributed by atoms with van der Waals surface area (Å²) in [5.74, 6) is -1.02. The zero-order chi connectivity index (χ0) is 17.1. The number of β-amino-alcohol motifs (C(OH)–C–C–N with tert-alkyl or cyclic N) is 1. The average Bonchev–Trinajstić information content (AvgIpc) is 2.81. The average molecular weight is 320 g/mol. The summed E-state index contributed by atoms with van der Waals surface area (Å²) in [6.07, 6.45) is 0. The van der Waals surface area contributed by atoms with Gasteiger partial charge in [0.1, 0.15) is 11.4 Å². The number of aliphatic hydroxyl groups excluding tert-OH is 1. The van der Waals surface area contributed by atoms with Crippen LogP contribution in [0.2, 0.25) is 0 Å². The molecule has 0 spiro atoms. The molecule has 1 aromatic rings. The maximum Gasteiger partial charge on any atom is 0.337 e. The van der Waals surface area contributed by atoms with E-state index in [2.05, 4.69) is 5.32 Å². The van der Waals surface area contributed by atoms with Crippen LogP contribution in [0, 0.1) is 13.8 Å². The number of aliphatic hydroxyl groups is 1. The zero-order valence-electron chi connectivity index (χ0n) is 13.3. The van der Waals surface area contributed by atoms with Crippen molar-refractivity contribution in [2.45, 2.75) is 13.8 Å². The van der Waals surface area contributed by atoms with Gasteiger partial charge in [-0.3, -0.25) is 4.79 Å². The molecule has 3 N–H and O–H groups in total. The molecule has 1 amide bonds. The van der Waals surface area contributed by atoms with E-state index < -0.39 is 11.9 Å². The fourth-order valence-electron chi connectivity index (χ4n) is 2.54. The predicted molar refractivity (Wildman–Crippen MR) is 83.9 cm³/mol. The summed E-state index contributed by atoms with van der Waals surface area (Å²) >= 11 is 0. The molecule has 1 aliphatic heterocycles. The number of rotatable bonds is 5. The Balaban J connectivity index is 2.41. The molecule has 0 unspecified atom stereocenters. The topological polar surface area (TPSA) is 99.1 Å². The number of amides is 1. The van der Waals surface area contributed by atoms with Crippen LogP contribution in [-0.2, 0) is 14.3 Å². The number of benzene rings is 1. The molecule has 0 atom stereocenters. The summed E-state index contributed by atoms with van der Waals surface area (Å²) < 4.78 is 4.71. The second-order valence-electron chi connectivity index (χ2n) is 5.40. The van der Waals surface area contributed by atoms with Crippen LogP contribution in [0.5, 0.6) is 5.75 Å². The van der Waals surface area contributed by atoms with Gasteiger partial charge >= 0.3 is 5.97 Å². The van der Waals surface area contributed by atoms with Gasteiger partial charge in [0, 0.05) is 6.54 Å². The Bertz CT molecular complexity index is 681. The van der Waals surface area contributed by atoms with Crippen molar-refractivity contribution in [3.05, 3.63) is 34.5 Å². The number of phenols is 1. The van der Waals surface area contributed by atoms with E-state index in [1.54, 1.807) is 13.0 Å². The highest BCUT2D eigenvalue weighted by molar-refractivity contribution is 6.08. The number of aryl methyl sites for hydroxylation is 2. The molecule has 0 bridgehead atoms. The molecule has 0 radical (unpaired) electrons. The van der Waals surface area contributed by atoms with E-state index in [0.717, 1.165) is 5.56 Å². The Hall–Kier alpha value is -2.54. The summed E-state index contributed by atoms with van der Waals surface area (Å²) in [5, 5.41) is 22.0. The normalized spacial score (nSPS) is 14.4. The van der Waals surface area contributed by atoms with Gasteiger partial charge in [-0.25, -0.2) is 4.79 Å². The molecule has 1 aromatic carbocycles. The number of hydrogen-bond donors (Lipinski definition) is 3. The molecule has 124 valence electrons. The standard InChI is InChI=1S/C16H20N2O5/c1-9-6-10(2)14(20)12(7-9)17-13-11(16(22)23-3)8-18(4-5-19)15(13)21/h6-7,17,19-20H,4-5,8H2,1-3H3. The number of ether oxygens (including phenoxy) is 1. The van der Waals surface area contributed by atoms with Gasteiger partial charge in [-0.1, -0.05) is 6.07 Å². The summed E-state index contributed by atoms with van der Waals surface area (Å²) in [5.41, 5.74) is 2.14. The van der Waals surface area contributed by atoms with Gasteiger partial charge in [-0.2, -0.15) is 0 Å². The van der Waals surface area contributed by atoms with Crippen LogP contribution in [0.4, 0.5) is 5.69 Å². The Morgan fingerprint density at radius 1 is 1.39 bits per heavy atom. The Kier molecular flexibility index (Phi) is 4.90. The molecular formula is C16H20N2O5. The maximum atomic E-state index is 12.4. The van der Waals surface area contributed by atoms with Gasteiger partial charge in [0.25, 0.3) is 5.91 Å². The third kappa shape index (κ3) is 3.29. The highest BCUT2D eigenvalue weighted by atomic mass is 16.5. The molecule has 1 aliphatic rings. The third-order valence-corrected chi connectivity index (χ3v) is 3.66. The number of nitrogens with zero attached hydrogens (tertiary/aromatic N) is 1. The van der Waals surface area contributed by atoms with Gasteiger partial charge in [0.05, 0.1) is 31.5 Å². The molecule has 2 rings (SSSR count). The van der Waals surface area contributed by atoms with Gasteiger partial charge in [0.15, 0.2) is 0 Å². The van der Waals surface area contributed by atoms with Crippen LogP contribution >= 0.6 is 0 Å². The lowest BCUT2D eigenvalue weighted by Crippen LogP contribution is -2.31. The van der Waals surface area contributed by atoms with Gasteiger partial charge in [-0.15, -0.1) is 0 Å². The van der Waals surface area contributed by atoms with Crippen LogP contribution < -0.4 is 5.32 Å². The number of carbonyl (C=O) groups excluding carboxylic acids is 2. The molecule has 1 heterocycles. The largest absolute Gasteiger partial charge is 0.505 e. The second kappa shape index (κ2) is 6.70. The number of methoxy groups -OCH3 is 1. The molecule has 0 saturated carbocycles. The lowest BCUT2D eigenvalue weighted by molar-refractivity contribution is -0.136. The fourth-order valence-corrected chi connectivity index (χ4v) is 2.54. The van der Waals surface area contributed by atoms with Crippen molar-refractivity contribution in [3.8, 4) is 5.75 Å². The minimum atomic E-state index is -0.620. The van der Waals surface area contributed by atoms with Gasteiger partial charge in [-0.05, 0) is 31.0 Å². The zero-order valence-corrected chi connectivity index (χ0v) is 13.3. The molecule has 7 nitrogen and oxygen atoms in total. The quantitative estimate of drug-likeness (QED) is 0.545. The van der Waals surface area contributed by atoms with Crippen molar-refractivity contribution in [1.82, 2.24) is 4.90 Å². The van der Waals surface area contributed by atoms with Crippen molar-refractivity contribution >= 4 is 17.6 Å². The lowest BCUT2D eigenvalue weighted by atomic mass is 10.1. The van der Waals surface area contributed by atoms with E-state index in [-0.39, 0.29) is 36.7 Å². The molecule has 7 heteroatoms. The summed E-state index contributed by atoms with van der Waals surface area (Å²) in [6, 6.07) is 3.50. The van der Waals surface area contributed by atoms with Crippen LogP contribution in [0.1, 0.15) is 11.1 Å². The van der Waals surface area contributed by atoms with E-state index in [0.29, 0.717) is 11.3 Å². The molecule has 0 aromatic heterocycles. The van der Waals surface area contributed by atoms with Crippen LogP contribution in [0.15, 0.2) is 23.4 Å². The first kappa shape index (κ1) is 16.8. The Morgan fingerprint density at radius 3 is 2.70 bits per heavy atom. The van der Waals surface area contributed by atoms with Crippen molar-refractivity contribution in [3.63, 3.8) is 0 Å². The summed E-state index contributed by atoms with van der Waals surface area (Å²) in [7, 11) is 1.24. The number of phenolic OH excluding ortho intramolecular Hbond substituents is 1. The Labute approximate surface area is 134 Å². The molecule has 0 fully saturated rings. The van der Waals surface area contributed by atoms with E-state index >= 15 is 0 Å². The highest BCUT2D eigenvalue weighted by Gasteiger charge is 2.34. The first-order valence-electron chi connectivity index (χ1n) is 7.17. The number of nitrogens with one attached hydrogen (secondary N) is 1. The van der Waals surface area contributed by atoms with Gasteiger partial charge < -0.3 is 25.2 Å². The Morgan fingerprint density at radius 2 is 2.09 bits per heavy atom. The van der Waals surface area contributed by atoms with Crippen molar-refractivity contribution in [2.75, 3.05) is 32.1 Å². The molecular weight excluding hydrogens is 300 g/mol. The monoisotopic (exact) mass is 320 g/mol.